The second-order valence-corrected chi connectivity index (χ2v) is 4.66. The third-order valence-electron chi connectivity index (χ3n) is 2.37. The Morgan fingerprint density at radius 2 is 2.06 bits per heavy atom. The van der Waals surface area contributed by atoms with Crippen LogP contribution in [0.25, 0.3) is 0 Å². The highest BCUT2D eigenvalue weighted by atomic mass is 32.2. The molecule has 0 aliphatic rings. The van der Waals surface area contributed by atoms with Gasteiger partial charge in [0, 0.05) is 16.8 Å². The summed E-state index contributed by atoms with van der Waals surface area (Å²) in [6.07, 6.45) is 1.59. The number of aromatic nitrogens is 1. The molecule has 2 aromatic rings. The second kappa shape index (κ2) is 5.64. The predicted octanol–water partition coefficient (Wildman–Crippen LogP) is 2.80. The molecule has 3 nitrogen and oxygen atoms in total. The molecule has 18 heavy (non-hydrogen) atoms. The summed E-state index contributed by atoms with van der Waals surface area (Å²) in [6, 6.07) is 10.2. The summed E-state index contributed by atoms with van der Waals surface area (Å²) in [5.41, 5.74) is 6.74. The van der Waals surface area contributed by atoms with Crippen LogP contribution in [0.5, 0.6) is 0 Å². The van der Waals surface area contributed by atoms with Gasteiger partial charge in [-0.1, -0.05) is 18.2 Å². The number of hydrogen-bond acceptors (Lipinski definition) is 3. The zero-order chi connectivity index (χ0) is 13.0. The van der Waals surface area contributed by atoms with Gasteiger partial charge in [-0.05, 0) is 23.8 Å². The summed E-state index contributed by atoms with van der Waals surface area (Å²) < 4.78 is 13.4. The van der Waals surface area contributed by atoms with Crippen LogP contribution in [-0.2, 0) is 5.75 Å². The summed E-state index contributed by atoms with van der Waals surface area (Å²) in [6.45, 7) is 0. The van der Waals surface area contributed by atoms with E-state index in [0.29, 0.717) is 16.3 Å². The molecule has 0 saturated heterocycles. The van der Waals surface area contributed by atoms with E-state index in [1.165, 1.54) is 17.8 Å². The van der Waals surface area contributed by atoms with Crippen molar-refractivity contribution in [3.63, 3.8) is 0 Å². The standard InChI is InChI=1S/C13H12FN3S/c14-10-5-1-2-6-11(10)18-8-9-4-3-7-17-12(9)13(15)16/h1-7H,8H2,(H3,15,16). The lowest BCUT2D eigenvalue weighted by Gasteiger charge is -2.07. The third-order valence-corrected chi connectivity index (χ3v) is 3.46. The lowest BCUT2D eigenvalue weighted by molar-refractivity contribution is 0.602. The minimum absolute atomic E-state index is 0.0697. The fourth-order valence-corrected chi connectivity index (χ4v) is 2.44. The number of halogens is 1. The molecule has 0 unspecified atom stereocenters. The highest BCUT2D eigenvalue weighted by molar-refractivity contribution is 7.98. The van der Waals surface area contributed by atoms with Crippen LogP contribution in [0.3, 0.4) is 0 Å². The van der Waals surface area contributed by atoms with E-state index in [1.54, 1.807) is 30.5 Å². The predicted molar refractivity (Wildman–Crippen MR) is 71.2 cm³/mol. The van der Waals surface area contributed by atoms with Crippen molar-refractivity contribution in [1.29, 1.82) is 5.41 Å². The van der Waals surface area contributed by atoms with Crippen LogP contribution in [0.4, 0.5) is 4.39 Å². The highest BCUT2D eigenvalue weighted by Crippen LogP contribution is 2.25. The molecular weight excluding hydrogens is 249 g/mol. The summed E-state index contributed by atoms with van der Waals surface area (Å²) >= 11 is 1.36. The van der Waals surface area contributed by atoms with Gasteiger partial charge in [0.2, 0.25) is 0 Å². The fraction of sp³-hybridized carbons (Fsp3) is 0.0769. The zero-order valence-electron chi connectivity index (χ0n) is 9.56. The molecule has 1 heterocycles. The maximum Gasteiger partial charge on any atom is 0.142 e. The Hall–Kier alpha value is -1.88. The van der Waals surface area contributed by atoms with Crippen molar-refractivity contribution in [2.75, 3.05) is 0 Å². The number of nitrogens with zero attached hydrogens (tertiary/aromatic N) is 1. The lowest BCUT2D eigenvalue weighted by Crippen LogP contribution is -2.15. The molecule has 1 aromatic heterocycles. The molecule has 3 N–H and O–H groups in total. The quantitative estimate of drug-likeness (QED) is 0.505. The summed E-state index contributed by atoms with van der Waals surface area (Å²) in [4.78, 5) is 4.64. The smallest absolute Gasteiger partial charge is 0.142 e. The normalized spacial score (nSPS) is 10.3. The average Bonchev–Trinajstić information content (AvgIpc) is 2.38. The van der Waals surface area contributed by atoms with E-state index >= 15 is 0 Å². The molecule has 0 saturated carbocycles. The van der Waals surface area contributed by atoms with Crippen molar-refractivity contribution < 1.29 is 4.39 Å². The van der Waals surface area contributed by atoms with Gasteiger partial charge in [-0.3, -0.25) is 10.4 Å². The van der Waals surface area contributed by atoms with Gasteiger partial charge in [0.25, 0.3) is 0 Å². The minimum atomic E-state index is -0.240. The highest BCUT2D eigenvalue weighted by Gasteiger charge is 2.08. The van der Waals surface area contributed by atoms with Crippen LogP contribution in [-0.4, -0.2) is 10.8 Å². The Balaban J connectivity index is 2.16. The summed E-state index contributed by atoms with van der Waals surface area (Å²) in [7, 11) is 0. The Bertz CT molecular complexity index is 572. The average molecular weight is 261 g/mol. The van der Waals surface area contributed by atoms with Gasteiger partial charge in [-0.25, -0.2) is 4.39 Å². The molecule has 0 atom stereocenters. The SMILES string of the molecule is N=C(N)c1ncccc1CSc1ccccc1F. The van der Waals surface area contributed by atoms with Gasteiger partial charge >= 0.3 is 0 Å². The Labute approximate surface area is 109 Å². The molecular formula is C13H12FN3S. The van der Waals surface area contributed by atoms with Gasteiger partial charge in [-0.2, -0.15) is 0 Å². The second-order valence-electron chi connectivity index (χ2n) is 3.64. The molecule has 0 radical (unpaired) electrons. The number of hydrogen-bond donors (Lipinski definition) is 2. The Morgan fingerprint density at radius 1 is 1.28 bits per heavy atom. The minimum Gasteiger partial charge on any atom is -0.382 e. The monoisotopic (exact) mass is 261 g/mol. The van der Waals surface area contributed by atoms with Crippen LogP contribution in [0.15, 0.2) is 47.5 Å². The first kappa shape index (κ1) is 12.6. The number of thioether (sulfide) groups is 1. The van der Waals surface area contributed by atoms with Crippen molar-refractivity contribution in [3.8, 4) is 0 Å². The number of nitrogen functional groups attached to an aromatic ring is 1. The first-order valence-electron chi connectivity index (χ1n) is 5.34. The van der Waals surface area contributed by atoms with E-state index in [2.05, 4.69) is 4.98 Å². The number of pyridine rings is 1. The molecule has 0 bridgehead atoms. The van der Waals surface area contributed by atoms with Crippen molar-refractivity contribution in [2.24, 2.45) is 5.73 Å². The van der Waals surface area contributed by atoms with Crippen molar-refractivity contribution in [1.82, 2.24) is 4.98 Å². The molecule has 5 heteroatoms. The molecule has 0 spiro atoms. The Kier molecular flexibility index (Phi) is 3.94. The summed E-state index contributed by atoms with van der Waals surface area (Å²) in [5.74, 6) is 0.222. The van der Waals surface area contributed by atoms with Crippen LogP contribution >= 0.6 is 11.8 Å². The molecule has 0 aliphatic carbocycles. The molecule has 0 amide bonds. The van der Waals surface area contributed by atoms with Gasteiger partial charge < -0.3 is 5.73 Å². The van der Waals surface area contributed by atoms with Gasteiger partial charge in [-0.15, -0.1) is 11.8 Å². The zero-order valence-corrected chi connectivity index (χ0v) is 10.4. The van der Waals surface area contributed by atoms with Gasteiger partial charge in [0.1, 0.15) is 17.3 Å². The van der Waals surface area contributed by atoms with Crippen LogP contribution < -0.4 is 5.73 Å². The van der Waals surface area contributed by atoms with Crippen LogP contribution in [0.2, 0.25) is 0 Å². The van der Waals surface area contributed by atoms with E-state index in [0.717, 1.165) is 5.56 Å². The van der Waals surface area contributed by atoms with E-state index < -0.39 is 0 Å². The van der Waals surface area contributed by atoms with E-state index in [9.17, 15) is 4.39 Å². The van der Waals surface area contributed by atoms with Crippen LogP contribution in [0.1, 0.15) is 11.3 Å². The van der Waals surface area contributed by atoms with Gasteiger partial charge in [0.05, 0.1) is 0 Å². The van der Waals surface area contributed by atoms with Crippen molar-refractivity contribution in [3.05, 3.63) is 59.7 Å². The van der Waals surface area contributed by atoms with E-state index in [-0.39, 0.29) is 11.7 Å². The largest absolute Gasteiger partial charge is 0.382 e. The maximum atomic E-state index is 13.4. The number of nitrogens with two attached hydrogens (primary N) is 1. The van der Waals surface area contributed by atoms with Crippen LogP contribution in [0, 0.1) is 11.2 Å². The van der Waals surface area contributed by atoms with Gasteiger partial charge in [0.15, 0.2) is 0 Å². The molecule has 2 rings (SSSR count). The third kappa shape index (κ3) is 2.87. The number of nitrogens with one attached hydrogen (secondary N) is 1. The summed E-state index contributed by atoms with van der Waals surface area (Å²) in [5, 5.41) is 7.43. The molecule has 0 aliphatic heterocycles. The number of rotatable bonds is 4. The van der Waals surface area contributed by atoms with Crippen molar-refractivity contribution in [2.45, 2.75) is 10.6 Å². The number of amidine groups is 1. The van der Waals surface area contributed by atoms with Crippen molar-refractivity contribution >= 4 is 17.6 Å². The first-order valence-corrected chi connectivity index (χ1v) is 6.32. The lowest BCUT2D eigenvalue weighted by atomic mass is 10.2. The van der Waals surface area contributed by atoms with E-state index in [4.69, 9.17) is 11.1 Å². The van der Waals surface area contributed by atoms with E-state index in [1.807, 2.05) is 6.07 Å². The maximum absolute atomic E-state index is 13.4. The topological polar surface area (TPSA) is 62.8 Å². The first-order chi connectivity index (χ1) is 8.68. The molecule has 1 aromatic carbocycles. The molecule has 0 fully saturated rings. The fourth-order valence-electron chi connectivity index (χ4n) is 1.51. The Morgan fingerprint density at radius 3 is 2.78 bits per heavy atom. The number of benzene rings is 1. The molecule has 92 valence electrons.